The number of hydrogen-bond acceptors (Lipinski definition) is 1. The highest BCUT2D eigenvalue weighted by Crippen LogP contribution is 2.28. The van der Waals surface area contributed by atoms with Crippen LogP contribution in [-0.2, 0) is 6.54 Å². The molecular weight excluding hydrogens is 210 g/mol. The van der Waals surface area contributed by atoms with Crippen molar-refractivity contribution in [1.29, 1.82) is 0 Å². The van der Waals surface area contributed by atoms with Crippen molar-refractivity contribution in [2.24, 2.45) is 0 Å². The minimum Gasteiger partial charge on any atom is -0.396 e. The zero-order chi connectivity index (χ0) is 12.4. The Morgan fingerprint density at radius 2 is 2.06 bits per heavy atom. The number of aromatic nitrogens is 1. The van der Waals surface area contributed by atoms with Gasteiger partial charge in [0.2, 0.25) is 0 Å². The maximum Gasteiger partial charge on any atom is 0.0485 e. The van der Waals surface area contributed by atoms with Crippen LogP contribution in [0.4, 0.5) is 0 Å². The van der Waals surface area contributed by atoms with Crippen molar-refractivity contribution in [3.05, 3.63) is 35.5 Å². The number of fused-ring (bicyclic) bond motifs is 1. The first-order valence-corrected chi connectivity index (χ1v) is 6.33. The fourth-order valence-corrected chi connectivity index (χ4v) is 2.32. The van der Waals surface area contributed by atoms with Gasteiger partial charge in [0.05, 0.1) is 0 Å². The van der Waals surface area contributed by atoms with Crippen LogP contribution in [0.2, 0.25) is 0 Å². The van der Waals surface area contributed by atoms with Crippen molar-refractivity contribution in [2.75, 3.05) is 6.61 Å². The van der Waals surface area contributed by atoms with E-state index in [4.69, 9.17) is 5.11 Å². The van der Waals surface area contributed by atoms with Crippen LogP contribution >= 0.6 is 0 Å². The van der Waals surface area contributed by atoms with Crippen LogP contribution in [0.3, 0.4) is 0 Å². The molecule has 2 nitrogen and oxygen atoms in total. The number of hydrogen-bond donors (Lipinski definition) is 1. The molecule has 0 bridgehead atoms. The molecule has 0 fully saturated rings. The number of aliphatic hydroxyl groups is 1. The van der Waals surface area contributed by atoms with E-state index in [1.165, 1.54) is 22.0 Å². The number of rotatable bonds is 4. The summed E-state index contributed by atoms with van der Waals surface area (Å²) in [7, 11) is 0. The van der Waals surface area contributed by atoms with Gasteiger partial charge >= 0.3 is 0 Å². The van der Waals surface area contributed by atoms with E-state index in [1.807, 2.05) is 0 Å². The first-order valence-electron chi connectivity index (χ1n) is 6.33. The fourth-order valence-electron chi connectivity index (χ4n) is 2.32. The average molecular weight is 231 g/mol. The molecule has 0 radical (unpaired) electrons. The Labute approximate surface area is 103 Å². The topological polar surface area (TPSA) is 25.2 Å². The van der Waals surface area contributed by atoms with Gasteiger partial charge in [-0.05, 0) is 36.5 Å². The van der Waals surface area contributed by atoms with Crippen LogP contribution < -0.4 is 0 Å². The number of aryl methyl sites for hydroxylation is 2. The molecule has 0 aliphatic rings. The van der Waals surface area contributed by atoms with E-state index in [0.717, 1.165) is 13.0 Å². The van der Waals surface area contributed by atoms with Crippen LogP contribution in [0.1, 0.15) is 37.3 Å². The smallest absolute Gasteiger partial charge is 0.0485 e. The van der Waals surface area contributed by atoms with Gasteiger partial charge in [0.15, 0.2) is 0 Å². The second kappa shape index (κ2) is 4.92. The van der Waals surface area contributed by atoms with Crippen LogP contribution in [0.15, 0.2) is 24.4 Å². The molecule has 0 saturated carbocycles. The Morgan fingerprint density at radius 3 is 2.71 bits per heavy atom. The summed E-state index contributed by atoms with van der Waals surface area (Å²) >= 11 is 0. The molecular formula is C15H21NO. The Balaban J connectivity index is 2.54. The standard InChI is InChI=1S/C15H21NO/c1-11(2)14-10-16(7-4-8-17)15-9-12(3)5-6-13(14)15/h5-6,9-11,17H,4,7-8H2,1-3H3. The Morgan fingerprint density at radius 1 is 1.29 bits per heavy atom. The van der Waals surface area contributed by atoms with Crippen LogP contribution in [-0.4, -0.2) is 16.3 Å². The maximum atomic E-state index is 8.96. The third-order valence-electron chi connectivity index (χ3n) is 3.25. The molecule has 2 heteroatoms. The second-order valence-electron chi connectivity index (χ2n) is 5.03. The van der Waals surface area contributed by atoms with E-state index in [-0.39, 0.29) is 6.61 Å². The maximum absolute atomic E-state index is 8.96. The van der Waals surface area contributed by atoms with Crippen molar-refractivity contribution in [3.8, 4) is 0 Å². The van der Waals surface area contributed by atoms with Gasteiger partial charge in [-0.15, -0.1) is 0 Å². The van der Waals surface area contributed by atoms with E-state index < -0.39 is 0 Å². The number of benzene rings is 1. The molecule has 2 aromatic rings. The summed E-state index contributed by atoms with van der Waals surface area (Å²) < 4.78 is 2.27. The molecule has 1 heterocycles. The van der Waals surface area contributed by atoms with Gasteiger partial charge in [-0.3, -0.25) is 0 Å². The highest BCUT2D eigenvalue weighted by Gasteiger charge is 2.10. The predicted octanol–water partition coefficient (Wildman–Crippen LogP) is 3.46. The quantitative estimate of drug-likeness (QED) is 0.856. The zero-order valence-corrected chi connectivity index (χ0v) is 10.9. The highest BCUT2D eigenvalue weighted by molar-refractivity contribution is 5.85. The molecule has 0 aliphatic heterocycles. The van der Waals surface area contributed by atoms with Gasteiger partial charge in [0.25, 0.3) is 0 Å². The van der Waals surface area contributed by atoms with Gasteiger partial charge in [-0.1, -0.05) is 26.0 Å². The zero-order valence-electron chi connectivity index (χ0n) is 10.9. The lowest BCUT2D eigenvalue weighted by Gasteiger charge is -2.04. The first kappa shape index (κ1) is 12.2. The lowest BCUT2D eigenvalue weighted by molar-refractivity contribution is 0.280. The Bertz CT molecular complexity index is 511. The molecule has 92 valence electrons. The molecule has 17 heavy (non-hydrogen) atoms. The first-order chi connectivity index (χ1) is 8.13. The highest BCUT2D eigenvalue weighted by atomic mass is 16.3. The van der Waals surface area contributed by atoms with Crippen molar-refractivity contribution in [1.82, 2.24) is 4.57 Å². The molecule has 0 amide bonds. The monoisotopic (exact) mass is 231 g/mol. The van der Waals surface area contributed by atoms with Gasteiger partial charge in [-0.2, -0.15) is 0 Å². The predicted molar refractivity (Wildman–Crippen MR) is 72.5 cm³/mol. The molecule has 0 saturated heterocycles. The summed E-state index contributed by atoms with van der Waals surface area (Å²) in [6, 6.07) is 6.62. The summed E-state index contributed by atoms with van der Waals surface area (Å²) in [5.41, 5.74) is 3.98. The third kappa shape index (κ3) is 2.37. The summed E-state index contributed by atoms with van der Waals surface area (Å²) in [5.74, 6) is 0.538. The van der Waals surface area contributed by atoms with Gasteiger partial charge < -0.3 is 9.67 Å². The molecule has 0 atom stereocenters. The molecule has 1 N–H and O–H groups in total. The van der Waals surface area contributed by atoms with Crippen LogP contribution in [0.25, 0.3) is 10.9 Å². The van der Waals surface area contributed by atoms with Gasteiger partial charge in [0.1, 0.15) is 0 Å². The van der Waals surface area contributed by atoms with Gasteiger partial charge in [0, 0.05) is 30.3 Å². The average Bonchev–Trinajstić information content (AvgIpc) is 2.64. The molecule has 0 spiro atoms. The van der Waals surface area contributed by atoms with Crippen molar-refractivity contribution in [3.63, 3.8) is 0 Å². The van der Waals surface area contributed by atoms with Crippen molar-refractivity contribution < 1.29 is 5.11 Å². The SMILES string of the molecule is Cc1ccc2c(C(C)C)cn(CCCO)c2c1. The second-order valence-corrected chi connectivity index (χ2v) is 5.03. The minimum absolute atomic E-state index is 0.252. The largest absolute Gasteiger partial charge is 0.396 e. The molecule has 2 rings (SSSR count). The van der Waals surface area contributed by atoms with E-state index in [1.54, 1.807) is 0 Å². The molecule has 1 aromatic carbocycles. The summed E-state index contributed by atoms with van der Waals surface area (Å²) in [4.78, 5) is 0. The Kier molecular flexibility index (Phi) is 3.53. The number of aliphatic hydroxyl groups excluding tert-OH is 1. The number of nitrogens with zero attached hydrogens (tertiary/aromatic N) is 1. The van der Waals surface area contributed by atoms with E-state index >= 15 is 0 Å². The molecule has 1 aromatic heterocycles. The van der Waals surface area contributed by atoms with Gasteiger partial charge in [-0.25, -0.2) is 0 Å². The van der Waals surface area contributed by atoms with Crippen LogP contribution in [0.5, 0.6) is 0 Å². The summed E-state index contributed by atoms with van der Waals surface area (Å²) in [6.07, 6.45) is 3.06. The van der Waals surface area contributed by atoms with E-state index in [9.17, 15) is 0 Å². The third-order valence-corrected chi connectivity index (χ3v) is 3.25. The minimum atomic E-state index is 0.252. The fraction of sp³-hybridized carbons (Fsp3) is 0.467. The van der Waals surface area contributed by atoms with Crippen molar-refractivity contribution >= 4 is 10.9 Å². The van der Waals surface area contributed by atoms with E-state index in [0.29, 0.717) is 5.92 Å². The normalized spacial score (nSPS) is 11.6. The van der Waals surface area contributed by atoms with E-state index in [2.05, 4.69) is 49.7 Å². The van der Waals surface area contributed by atoms with Crippen molar-refractivity contribution in [2.45, 2.75) is 39.7 Å². The lowest BCUT2D eigenvalue weighted by Crippen LogP contribution is -1.98. The molecule has 0 aliphatic carbocycles. The molecule has 0 unspecified atom stereocenters. The summed E-state index contributed by atoms with van der Waals surface area (Å²) in [5, 5.41) is 10.3. The lowest BCUT2D eigenvalue weighted by atomic mass is 10.0. The van der Waals surface area contributed by atoms with Crippen LogP contribution in [0, 0.1) is 6.92 Å². The summed E-state index contributed by atoms with van der Waals surface area (Å²) in [6.45, 7) is 7.72. The Hall–Kier alpha value is -1.28.